The van der Waals surface area contributed by atoms with Gasteiger partial charge in [0.2, 0.25) is 11.2 Å². The smallest absolute Gasteiger partial charge is 0.228 e. The largest absolute Gasteiger partial charge is 0.394 e. The molecule has 2 aromatic heterocycles. The van der Waals surface area contributed by atoms with Crippen molar-refractivity contribution in [1.82, 2.24) is 24.8 Å². The van der Waals surface area contributed by atoms with E-state index in [1.165, 1.54) is 17.9 Å². The third kappa shape index (κ3) is 4.32. The molecule has 3 aromatic rings. The standard InChI is InChI=1S/C19H20ClIN6O4/c1-22-17(30)12-11(7-28)31-18(14(12)29)27-8-24-13-15(25-19(20)26-16(13)27)23-6-9-3-2-4-10(21)5-9/h2-5,8,11-12,14,18,28-29H,6-7H2,1H3,(H,22,30)(H,23,25,26)/t11-,12-,14-,18-/m1/s1. The van der Waals surface area contributed by atoms with Gasteiger partial charge in [-0.1, -0.05) is 12.1 Å². The number of halogens is 2. The van der Waals surface area contributed by atoms with E-state index in [0.717, 1.165) is 9.13 Å². The number of aliphatic hydroxyl groups is 2. The second kappa shape index (κ2) is 9.20. The third-order valence-electron chi connectivity index (χ3n) is 5.12. The summed E-state index contributed by atoms with van der Waals surface area (Å²) in [5, 5.41) is 26.1. The first kappa shape index (κ1) is 22.1. The molecule has 4 atom stereocenters. The number of carbonyl (C=O) groups is 1. The number of amides is 1. The Balaban J connectivity index is 1.65. The maximum Gasteiger partial charge on any atom is 0.228 e. The highest BCUT2D eigenvalue weighted by atomic mass is 127. The lowest BCUT2D eigenvalue weighted by Gasteiger charge is -2.18. The molecule has 0 saturated carbocycles. The number of nitrogens with one attached hydrogen (secondary N) is 2. The predicted molar refractivity (Wildman–Crippen MR) is 121 cm³/mol. The molecule has 1 amide bonds. The van der Waals surface area contributed by atoms with Crippen LogP contribution in [0, 0.1) is 9.49 Å². The zero-order valence-corrected chi connectivity index (χ0v) is 19.3. The Kier molecular flexibility index (Phi) is 6.57. The first-order valence-electron chi connectivity index (χ1n) is 9.47. The molecule has 1 fully saturated rings. The summed E-state index contributed by atoms with van der Waals surface area (Å²) in [5.74, 6) is -0.930. The lowest BCUT2D eigenvalue weighted by atomic mass is 9.97. The topological polar surface area (TPSA) is 134 Å². The van der Waals surface area contributed by atoms with Crippen molar-refractivity contribution in [3.05, 3.63) is 45.0 Å². The second-order valence-corrected chi connectivity index (χ2v) is 8.61. The molecule has 31 heavy (non-hydrogen) atoms. The summed E-state index contributed by atoms with van der Waals surface area (Å²) >= 11 is 8.39. The normalized spacial score (nSPS) is 23.3. The summed E-state index contributed by atoms with van der Waals surface area (Å²) in [6.45, 7) is 0.0801. The maximum absolute atomic E-state index is 12.2. The van der Waals surface area contributed by atoms with E-state index in [4.69, 9.17) is 16.3 Å². The summed E-state index contributed by atoms with van der Waals surface area (Å²) in [6, 6.07) is 8.01. The molecule has 0 radical (unpaired) electrons. The molecule has 1 saturated heterocycles. The lowest BCUT2D eigenvalue weighted by molar-refractivity contribution is -0.129. The number of anilines is 1. The summed E-state index contributed by atoms with van der Waals surface area (Å²) in [4.78, 5) is 25.0. The van der Waals surface area contributed by atoms with Gasteiger partial charge in [0.15, 0.2) is 23.2 Å². The van der Waals surface area contributed by atoms with Gasteiger partial charge in [-0.25, -0.2) is 4.98 Å². The van der Waals surface area contributed by atoms with E-state index in [0.29, 0.717) is 23.5 Å². The Morgan fingerprint density at radius 2 is 2.19 bits per heavy atom. The summed E-state index contributed by atoms with van der Waals surface area (Å²) < 4.78 is 8.38. The van der Waals surface area contributed by atoms with Crippen LogP contribution in [0.3, 0.4) is 0 Å². The molecule has 3 heterocycles. The van der Waals surface area contributed by atoms with E-state index in [1.54, 1.807) is 0 Å². The van der Waals surface area contributed by atoms with Crippen LogP contribution in [0.4, 0.5) is 5.82 Å². The van der Waals surface area contributed by atoms with Gasteiger partial charge in [-0.3, -0.25) is 9.36 Å². The van der Waals surface area contributed by atoms with Crippen molar-refractivity contribution in [2.24, 2.45) is 5.92 Å². The van der Waals surface area contributed by atoms with Gasteiger partial charge in [-0.2, -0.15) is 9.97 Å². The Labute approximate surface area is 196 Å². The average molecular weight is 559 g/mol. The first-order chi connectivity index (χ1) is 14.9. The molecule has 1 aromatic carbocycles. The average Bonchev–Trinajstić information content (AvgIpc) is 3.31. The first-order valence-corrected chi connectivity index (χ1v) is 10.9. The van der Waals surface area contributed by atoms with Crippen LogP contribution in [0.25, 0.3) is 11.2 Å². The Bertz CT molecular complexity index is 1110. The molecular formula is C19H20ClIN6O4. The Morgan fingerprint density at radius 3 is 2.90 bits per heavy atom. The molecule has 4 rings (SSSR count). The number of hydrogen-bond donors (Lipinski definition) is 4. The fourth-order valence-electron chi connectivity index (χ4n) is 3.65. The minimum absolute atomic E-state index is 0.00608. The number of hydrogen-bond acceptors (Lipinski definition) is 8. The van der Waals surface area contributed by atoms with Crippen LogP contribution < -0.4 is 10.6 Å². The summed E-state index contributed by atoms with van der Waals surface area (Å²) in [5.41, 5.74) is 1.83. The molecular weight excluding hydrogens is 539 g/mol. The monoisotopic (exact) mass is 558 g/mol. The van der Waals surface area contributed by atoms with Gasteiger partial charge in [-0.15, -0.1) is 0 Å². The number of ether oxygens (including phenoxy) is 1. The third-order valence-corrected chi connectivity index (χ3v) is 5.96. The quantitative estimate of drug-likeness (QED) is 0.263. The predicted octanol–water partition coefficient (Wildman–Crippen LogP) is 1.31. The number of rotatable bonds is 6. The van der Waals surface area contributed by atoms with Gasteiger partial charge in [-0.05, 0) is 51.9 Å². The zero-order chi connectivity index (χ0) is 22.1. The van der Waals surface area contributed by atoms with Crippen LogP contribution in [-0.2, 0) is 16.1 Å². The molecule has 164 valence electrons. The molecule has 1 aliphatic heterocycles. The number of imidazole rings is 1. The van der Waals surface area contributed by atoms with Gasteiger partial charge < -0.3 is 25.6 Å². The van der Waals surface area contributed by atoms with E-state index in [-0.39, 0.29) is 5.28 Å². The number of aliphatic hydroxyl groups excluding tert-OH is 2. The van der Waals surface area contributed by atoms with Gasteiger partial charge in [0.1, 0.15) is 6.10 Å². The van der Waals surface area contributed by atoms with Crippen molar-refractivity contribution in [3.63, 3.8) is 0 Å². The fraction of sp³-hybridized carbons (Fsp3) is 0.368. The number of carbonyl (C=O) groups excluding carboxylic acids is 1. The summed E-state index contributed by atoms with van der Waals surface area (Å²) in [7, 11) is 1.46. The van der Waals surface area contributed by atoms with Crippen LogP contribution in [0.2, 0.25) is 5.28 Å². The maximum atomic E-state index is 12.2. The van der Waals surface area contributed by atoms with Crippen molar-refractivity contribution in [2.75, 3.05) is 19.0 Å². The molecule has 1 aliphatic rings. The highest BCUT2D eigenvalue weighted by molar-refractivity contribution is 14.1. The van der Waals surface area contributed by atoms with Crippen molar-refractivity contribution >= 4 is 57.1 Å². The Morgan fingerprint density at radius 1 is 1.39 bits per heavy atom. The highest BCUT2D eigenvalue weighted by Gasteiger charge is 2.48. The van der Waals surface area contributed by atoms with Crippen molar-refractivity contribution in [3.8, 4) is 0 Å². The minimum atomic E-state index is -1.22. The van der Waals surface area contributed by atoms with Gasteiger partial charge in [0, 0.05) is 17.2 Å². The van der Waals surface area contributed by atoms with Crippen LogP contribution in [-0.4, -0.2) is 61.5 Å². The lowest BCUT2D eigenvalue weighted by Crippen LogP contribution is -2.40. The van der Waals surface area contributed by atoms with E-state index in [9.17, 15) is 15.0 Å². The fourth-order valence-corrected chi connectivity index (χ4v) is 4.42. The van der Waals surface area contributed by atoms with E-state index < -0.39 is 36.9 Å². The van der Waals surface area contributed by atoms with Gasteiger partial charge in [0.05, 0.1) is 25.0 Å². The molecule has 4 N–H and O–H groups in total. The van der Waals surface area contributed by atoms with Crippen molar-refractivity contribution < 1.29 is 19.7 Å². The molecule has 0 unspecified atom stereocenters. The van der Waals surface area contributed by atoms with Crippen LogP contribution in [0.5, 0.6) is 0 Å². The van der Waals surface area contributed by atoms with Gasteiger partial charge >= 0.3 is 0 Å². The number of fused-ring (bicyclic) bond motifs is 1. The van der Waals surface area contributed by atoms with Crippen LogP contribution in [0.15, 0.2) is 30.6 Å². The van der Waals surface area contributed by atoms with E-state index >= 15 is 0 Å². The molecule has 10 nitrogen and oxygen atoms in total. The minimum Gasteiger partial charge on any atom is -0.394 e. The zero-order valence-electron chi connectivity index (χ0n) is 16.4. The van der Waals surface area contributed by atoms with Gasteiger partial charge in [0.25, 0.3) is 0 Å². The molecule has 0 bridgehead atoms. The second-order valence-electron chi connectivity index (χ2n) is 7.03. The Hall–Kier alpha value is -2.06. The van der Waals surface area contributed by atoms with E-state index in [1.807, 2.05) is 24.3 Å². The number of nitrogens with zero attached hydrogens (tertiary/aromatic N) is 4. The van der Waals surface area contributed by atoms with Crippen LogP contribution in [0.1, 0.15) is 11.8 Å². The molecule has 0 spiro atoms. The van der Waals surface area contributed by atoms with Crippen molar-refractivity contribution in [1.29, 1.82) is 0 Å². The number of benzene rings is 1. The molecule has 0 aliphatic carbocycles. The molecule has 12 heteroatoms. The van der Waals surface area contributed by atoms with E-state index in [2.05, 4.69) is 48.2 Å². The summed E-state index contributed by atoms with van der Waals surface area (Å²) in [6.07, 6.45) is -1.61. The van der Waals surface area contributed by atoms with Crippen LogP contribution >= 0.6 is 34.2 Å². The SMILES string of the molecule is CNC(=O)[C@H]1[C@@H](O)[C@H](n2cnc3c(NCc4cccc(I)c4)nc(Cl)nc32)O[C@@H]1CO. The van der Waals surface area contributed by atoms with Crippen molar-refractivity contribution in [2.45, 2.75) is 25.0 Å². The highest BCUT2D eigenvalue weighted by Crippen LogP contribution is 2.36. The number of aromatic nitrogens is 4.